The van der Waals surface area contributed by atoms with Crippen molar-refractivity contribution >= 4 is 40.1 Å². The molecule has 3 aromatic carbocycles. The van der Waals surface area contributed by atoms with Gasteiger partial charge in [0.05, 0.1) is 16.2 Å². The van der Waals surface area contributed by atoms with Crippen molar-refractivity contribution in [1.29, 1.82) is 0 Å². The van der Waals surface area contributed by atoms with Crippen LogP contribution in [0.4, 0.5) is 22.7 Å². The zero-order chi connectivity index (χ0) is 24.4. The summed E-state index contributed by atoms with van der Waals surface area (Å²) < 4.78 is 0. The summed E-state index contributed by atoms with van der Waals surface area (Å²) in [5, 5.41) is 11.1. The summed E-state index contributed by atoms with van der Waals surface area (Å²) in [6.45, 7) is 2.35. The number of imide groups is 1. The van der Waals surface area contributed by atoms with Gasteiger partial charge in [0, 0.05) is 44.1 Å². The van der Waals surface area contributed by atoms with E-state index in [4.69, 9.17) is 0 Å². The van der Waals surface area contributed by atoms with Gasteiger partial charge in [0.2, 0.25) is 0 Å². The molecule has 3 aromatic rings. The largest absolute Gasteiger partial charge is 0.378 e. The van der Waals surface area contributed by atoms with Crippen molar-refractivity contribution in [3.05, 3.63) is 100 Å². The second-order valence-corrected chi connectivity index (χ2v) is 7.96. The van der Waals surface area contributed by atoms with Crippen molar-refractivity contribution < 1.29 is 14.5 Å². The highest BCUT2D eigenvalue weighted by molar-refractivity contribution is 6.46. The molecule has 0 N–H and O–H groups in total. The minimum absolute atomic E-state index is 0.0887. The predicted molar refractivity (Wildman–Crippen MR) is 133 cm³/mol. The van der Waals surface area contributed by atoms with Gasteiger partial charge >= 0.3 is 0 Å². The van der Waals surface area contributed by atoms with Crippen molar-refractivity contribution in [1.82, 2.24) is 0 Å². The fraction of sp³-hybridized carbons (Fsp3) is 0.154. The van der Waals surface area contributed by atoms with E-state index in [0.717, 1.165) is 16.3 Å². The number of anilines is 3. The van der Waals surface area contributed by atoms with Gasteiger partial charge in [-0.3, -0.25) is 19.7 Å². The molecule has 0 saturated carbocycles. The molecular weight excluding hydrogens is 432 g/mol. The first-order valence-electron chi connectivity index (χ1n) is 10.8. The Bertz CT molecular complexity index is 1270. The maximum Gasteiger partial charge on any atom is 0.282 e. The zero-order valence-electron chi connectivity index (χ0n) is 19.1. The van der Waals surface area contributed by atoms with Gasteiger partial charge in [-0.1, -0.05) is 18.2 Å². The molecule has 2 amide bonds. The summed E-state index contributed by atoms with van der Waals surface area (Å²) in [5.41, 5.74) is 2.97. The molecule has 172 valence electrons. The van der Waals surface area contributed by atoms with Gasteiger partial charge in [-0.15, -0.1) is 0 Å². The summed E-state index contributed by atoms with van der Waals surface area (Å²) in [4.78, 5) is 43.0. The normalized spacial score (nSPS) is 13.4. The van der Waals surface area contributed by atoms with Crippen LogP contribution in [0.15, 0.2) is 84.6 Å². The third-order valence-electron chi connectivity index (χ3n) is 5.70. The first kappa shape index (κ1) is 22.7. The third kappa shape index (κ3) is 4.01. The number of carbonyl (C=O) groups excluding carboxylic acids is 2. The smallest absolute Gasteiger partial charge is 0.282 e. The molecule has 0 unspecified atom stereocenters. The molecule has 0 spiro atoms. The Hall–Kier alpha value is -4.46. The van der Waals surface area contributed by atoms with Crippen molar-refractivity contribution in [2.24, 2.45) is 0 Å². The predicted octanol–water partition coefficient (Wildman–Crippen LogP) is 4.47. The number of nitro groups is 1. The summed E-state index contributed by atoms with van der Waals surface area (Å²) in [7, 11) is 3.82. The molecule has 0 bridgehead atoms. The van der Waals surface area contributed by atoms with Gasteiger partial charge in [-0.25, -0.2) is 4.90 Å². The van der Waals surface area contributed by atoms with Gasteiger partial charge in [-0.05, 0) is 61.0 Å². The molecule has 8 nitrogen and oxygen atoms in total. The van der Waals surface area contributed by atoms with Crippen LogP contribution in [0.25, 0.3) is 5.57 Å². The average Bonchev–Trinajstić information content (AvgIpc) is 3.10. The van der Waals surface area contributed by atoms with Gasteiger partial charge in [-0.2, -0.15) is 0 Å². The van der Waals surface area contributed by atoms with Gasteiger partial charge in [0.15, 0.2) is 0 Å². The number of hydrogen-bond donors (Lipinski definition) is 0. The number of rotatable bonds is 7. The topological polar surface area (TPSA) is 87.0 Å². The zero-order valence-corrected chi connectivity index (χ0v) is 19.1. The Morgan fingerprint density at radius 2 is 1.44 bits per heavy atom. The van der Waals surface area contributed by atoms with Crippen LogP contribution in [0.5, 0.6) is 0 Å². The lowest BCUT2D eigenvalue weighted by Gasteiger charge is -2.25. The molecule has 0 fully saturated rings. The molecule has 8 heteroatoms. The van der Waals surface area contributed by atoms with Crippen molar-refractivity contribution in [3.63, 3.8) is 0 Å². The van der Waals surface area contributed by atoms with E-state index in [1.165, 1.54) is 24.3 Å². The fourth-order valence-corrected chi connectivity index (χ4v) is 3.99. The lowest BCUT2D eigenvalue weighted by atomic mass is 10.0. The van der Waals surface area contributed by atoms with Gasteiger partial charge in [0.25, 0.3) is 17.5 Å². The van der Waals surface area contributed by atoms with E-state index in [1.807, 2.05) is 68.4 Å². The van der Waals surface area contributed by atoms with Crippen LogP contribution in [0.3, 0.4) is 0 Å². The highest BCUT2D eigenvalue weighted by Crippen LogP contribution is 2.37. The number of non-ortho nitro benzene ring substituents is 1. The molecule has 34 heavy (non-hydrogen) atoms. The molecule has 0 radical (unpaired) electrons. The maximum absolute atomic E-state index is 13.8. The Labute approximate surface area is 197 Å². The molecular formula is C26H24N4O4. The highest BCUT2D eigenvalue weighted by atomic mass is 16.6. The first-order chi connectivity index (χ1) is 16.3. The number of carbonyl (C=O) groups is 2. The second kappa shape index (κ2) is 9.19. The van der Waals surface area contributed by atoms with Crippen molar-refractivity contribution in [2.75, 3.05) is 35.3 Å². The molecule has 4 rings (SSSR count). The first-order valence-corrected chi connectivity index (χ1v) is 10.8. The van der Waals surface area contributed by atoms with Crippen LogP contribution in [-0.4, -0.2) is 37.4 Å². The number of hydrogen-bond acceptors (Lipinski definition) is 6. The fourth-order valence-electron chi connectivity index (χ4n) is 3.99. The molecule has 1 aliphatic heterocycles. The minimum atomic E-state index is -0.498. The van der Waals surface area contributed by atoms with Crippen molar-refractivity contribution in [3.8, 4) is 0 Å². The average molecular weight is 457 g/mol. The van der Waals surface area contributed by atoms with Crippen LogP contribution in [0.1, 0.15) is 12.5 Å². The maximum atomic E-state index is 13.8. The summed E-state index contributed by atoms with van der Waals surface area (Å²) in [6.07, 6.45) is 0. The summed E-state index contributed by atoms with van der Waals surface area (Å²) in [6, 6.07) is 22.2. The Balaban J connectivity index is 1.86. The lowest BCUT2D eigenvalue weighted by Crippen LogP contribution is -2.35. The number of benzene rings is 3. The Kier molecular flexibility index (Phi) is 6.14. The second-order valence-electron chi connectivity index (χ2n) is 7.96. The van der Waals surface area contributed by atoms with Crippen LogP contribution in [0.2, 0.25) is 0 Å². The molecule has 0 saturated heterocycles. The van der Waals surface area contributed by atoms with E-state index >= 15 is 0 Å². The number of likely N-dealkylation sites (N-methyl/N-ethyl adjacent to an activating group) is 1. The van der Waals surface area contributed by atoms with Crippen molar-refractivity contribution in [2.45, 2.75) is 6.92 Å². The van der Waals surface area contributed by atoms with E-state index in [-0.39, 0.29) is 17.0 Å². The lowest BCUT2D eigenvalue weighted by molar-refractivity contribution is -0.384. The standard InChI is InChI=1S/C26H24N4O4/c1-4-28(20-8-6-5-7-9-20)24-23(18-10-12-22(13-11-18)30(33)34)25(31)29(26(24)32)21-16-14-19(15-17-21)27(2)3/h5-17H,4H2,1-3H3. The van der Waals surface area contributed by atoms with E-state index in [1.54, 1.807) is 17.0 Å². The molecule has 1 aliphatic rings. The number of nitro benzene ring substituents is 1. The molecule has 0 aromatic heterocycles. The highest BCUT2D eigenvalue weighted by Gasteiger charge is 2.42. The third-order valence-corrected chi connectivity index (χ3v) is 5.70. The number of para-hydroxylation sites is 1. The minimum Gasteiger partial charge on any atom is -0.378 e. The molecule has 0 atom stereocenters. The van der Waals surface area contributed by atoms with E-state index in [2.05, 4.69) is 0 Å². The SMILES string of the molecule is CCN(C1=C(c2ccc([N+](=O)[O-])cc2)C(=O)N(c2ccc(N(C)C)cc2)C1=O)c1ccccc1. The number of amides is 2. The van der Waals surface area contributed by atoms with E-state index < -0.39 is 16.7 Å². The quantitative estimate of drug-likeness (QED) is 0.296. The summed E-state index contributed by atoms with van der Waals surface area (Å²) in [5.74, 6) is -0.914. The summed E-state index contributed by atoms with van der Waals surface area (Å²) >= 11 is 0. The van der Waals surface area contributed by atoms with Gasteiger partial charge < -0.3 is 9.80 Å². The van der Waals surface area contributed by atoms with E-state index in [0.29, 0.717) is 17.8 Å². The molecule has 1 heterocycles. The van der Waals surface area contributed by atoms with E-state index in [9.17, 15) is 19.7 Å². The van der Waals surface area contributed by atoms with Crippen LogP contribution >= 0.6 is 0 Å². The Morgan fingerprint density at radius 3 is 1.97 bits per heavy atom. The number of nitrogens with zero attached hydrogens (tertiary/aromatic N) is 4. The van der Waals surface area contributed by atoms with Crippen LogP contribution in [-0.2, 0) is 9.59 Å². The van der Waals surface area contributed by atoms with Crippen LogP contribution in [0, 0.1) is 10.1 Å². The monoisotopic (exact) mass is 456 g/mol. The molecule has 0 aliphatic carbocycles. The van der Waals surface area contributed by atoms with Gasteiger partial charge in [0.1, 0.15) is 5.70 Å². The van der Waals surface area contributed by atoms with Crippen LogP contribution < -0.4 is 14.7 Å². The Morgan fingerprint density at radius 1 is 0.824 bits per heavy atom.